The van der Waals surface area contributed by atoms with Gasteiger partial charge >= 0.3 is 0 Å². The Balaban J connectivity index is 1.55. The molecule has 2 N–H and O–H groups in total. The molecule has 0 saturated carbocycles. The molecule has 2 bridgehead atoms. The van der Waals surface area contributed by atoms with Gasteiger partial charge in [0.05, 0.1) is 25.4 Å². The van der Waals surface area contributed by atoms with Crippen molar-refractivity contribution in [2.24, 2.45) is 5.92 Å². The van der Waals surface area contributed by atoms with Gasteiger partial charge in [-0.3, -0.25) is 4.79 Å². The standard InChI is InChI=1S/C15H26N2O3/c1-10-9-20-14(8-18)7-17(10)15(19)6-11-4-12-2-3-13(5-11)16-12/h10-14,16,18H,2-9H2,1H3. The fourth-order valence-electron chi connectivity index (χ4n) is 3.98. The molecule has 4 atom stereocenters. The summed E-state index contributed by atoms with van der Waals surface area (Å²) in [5.41, 5.74) is 0. The molecule has 1 amide bonds. The summed E-state index contributed by atoms with van der Waals surface area (Å²) < 4.78 is 5.50. The summed E-state index contributed by atoms with van der Waals surface area (Å²) in [5, 5.41) is 12.8. The van der Waals surface area contributed by atoms with Gasteiger partial charge in [-0.2, -0.15) is 0 Å². The van der Waals surface area contributed by atoms with E-state index in [0.29, 0.717) is 37.6 Å². The zero-order valence-corrected chi connectivity index (χ0v) is 12.3. The van der Waals surface area contributed by atoms with E-state index in [0.717, 1.165) is 12.8 Å². The van der Waals surface area contributed by atoms with Crippen molar-refractivity contribution in [1.29, 1.82) is 0 Å². The fourth-order valence-corrected chi connectivity index (χ4v) is 3.98. The number of rotatable bonds is 3. The summed E-state index contributed by atoms with van der Waals surface area (Å²) in [6.45, 7) is 3.09. The molecule has 0 radical (unpaired) electrons. The number of amides is 1. The molecule has 3 heterocycles. The van der Waals surface area contributed by atoms with Crippen LogP contribution in [0.4, 0.5) is 0 Å². The Labute approximate surface area is 120 Å². The van der Waals surface area contributed by atoms with Gasteiger partial charge in [0.15, 0.2) is 0 Å². The van der Waals surface area contributed by atoms with Crippen molar-refractivity contribution in [2.75, 3.05) is 19.8 Å². The quantitative estimate of drug-likeness (QED) is 0.792. The van der Waals surface area contributed by atoms with Crippen molar-refractivity contribution in [3.05, 3.63) is 0 Å². The second-order valence-corrected chi connectivity index (χ2v) is 6.71. The van der Waals surface area contributed by atoms with Crippen LogP contribution in [0.1, 0.15) is 39.0 Å². The Bertz CT molecular complexity index is 351. The molecule has 4 unspecified atom stereocenters. The number of nitrogens with one attached hydrogen (secondary N) is 1. The Kier molecular flexibility index (Phi) is 4.29. The zero-order chi connectivity index (χ0) is 14.1. The van der Waals surface area contributed by atoms with Crippen LogP contribution in [0.3, 0.4) is 0 Å². The number of piperidine rings is 1. The first kappa shape index (κ1) is 14.3. The number of nitrogens with zero attached hydrogens (tertiary/aromatic N) is 1. The average Bonchev–Trinajstić information content (AvgIpc) is 2.78. The van der Waals surface area contributed by atoms with Crippen LogP contribution in [-0.2, 0) is 9.53 Å². The molecule has 3 aliphatic rings. The highest BCUT2D eigenvalue weighted by Gasteiger charge is 2.36. The van der Waals surface area contributed by atoms with Gasteiger partial charge in [-0.25, -0.2) is 0 Å². The number of aliphatic hydroxyl groups is 1. The number of hydrogen-bond donors (Lipinski definition) is 2. The normalized spacial score (nSPS) is 40.9. The fraction of sp³-hybridized carbons (Fsp3) is 0.933. The third-order valence-electron chi connectivity index (χ3n) is 5.06. The second kappa shape index (κ2) is 6.00. The lowest BCUT2D eigenvalue weighted by Crippen LogP contribution is -2.52. The number of aliphatic hydroxyl groups excluding tert-OH is 1. The second-order valence-electron chi connectivity index (χ2n) is 6.71. The lowest BCUT2D eigenvalue weighted by molar-refractivity contribution is -0.147. The summed E-state index contributed by atoms with van der Waals surface area (Å²) in [6.07, 6.45) is 5.29. The van der Waals surface area contributed by atoms with E-state index in [1.54, 1.807) is 0 Å². The van der Waals surface area contributed by atoms with Crippen LogP contribution in [0.15, 0.2) is 0 Å². The van der Waals surface area contributed by atoms with Gasteiger partial charge in [0.25, 0.3) is 0 Å². The molecule has 3 saturated heterocycles. The van der Waals surface area contributed by atoms with E-state index >= 15 is 0 Å². The molecule has 0 aromatic heterocycles. The maximum absolute atomic E-state index is 12.5. The molecular weight excluding hydrogens is 256 g/mol. The van der Waals surface area contributed by atoms with Crippen molar-refractivity contribution in [3.63, 3.8) is 0 Å². The Morgan fingerprint density at radius 3 is 2.70 bits per heavy atom. The summed E-state index contributed by atoms with van der Waals surface area (Å²) in [5.74, 6) is 0.773. The first-order valence-electron chi connectivity index (χ1n) is 7.93. The van der Waals surface area contributed by atoms with Crippen LogP contribution < -0.4 is 5.32 Å². The molecule has 114 valence electrons. The molecule has 20 heavy (non-hydrogen) atoms. The number of ether oxygens (including phenoxy) is 1. The van der Waals surface area contributed by atoms with Gasteiger partial charge in [-0.1, -0.05) is 0 Å². The molecular formula is C15H26N2O3. The first-order chi connectivity index (χ1) is 9.65. The number of carbonyl (C=O) groups excluding carboxylic acids is 1. The highest BCUT2D eigenvalue weighted by Crippen LogP contribution is 2.33. The molecule has 3 rings (SSSR count). The van der Waals surface area contributed by atoms with Crippen molar-refractivity contribution in [2.45, 2.75) is 63.3 Å². The van der Waals surface area contributed by atoms with Crippen molar-refractivity contribution in [3.8, 4) is 0 Å². The minimum atomic E-state index is -0.209. The largest absolute Gasteiger partial charge is 0.394 e. The maximum Gasteiger partial charge on any atom is 0.223 e. The minimum Gasteiger partial charge on any atom is -0.394 e. The summed E-state index contributed by atoms with van der Waals surface area (Å²) >= 11 is 0. The molecule has 0 aromatic rings. The van der Waals surface area contributed by atoms with E-state index in [9.17, 15) is 9.90 Å². The summed E-state index contributed by atoms with van der Waals surface area (Å²) in [7, 11) is 0. The highest BCUT2D eigenvalue weighted by atomic mass is 16.5. The molecule has 5 nitrogen and oxygen atoms in total. The van der Waals surface area contributed by atoms with Gasteiger partial charge in [0.1, 0.15) is 0 Å². The number of morpholine rings is 1. The molecule has 3 fully saturated rings. The van der Waals surface area contributed by atoms with E-state index in [2.05, 4.69) is 5.32 Å². The summed E-state index contributed by atoms with van der Waals surface area (Å²) in [6, 6.07) is 1.40. The topological polar surface area (TPSA) is 61.8 Å². The van der Waals surface area contributed by atoms with Crippen molar-refractivity contribution < 1.29 is 14.6 Å². The van der Waals surface area contributed by atoms with E-state index in [1.807, 2.05) is 11.8 Å². The van der Waals surface area contributed by atoms with Crippen LogP contribution in [0.25, 0.3) is 0 Å². The van der Waals surface area contributed by atoms with Gasteiger partial charge < -0.3 is 20.1 Å². The average molecular weight is 282 g/mol. The first-order valence-corrected chi connectivity index (χ1v) is 7.93. The Hall–Kier alpha value is -0.650. The van der Waals surface area contributed by atoms with Gasteiger partial charge in [0.2, 0.25) is 5.91 Å². The van der Waals surface area contributed by atoms with E-state index in [4.69, 9.17) is 4.74 Å². The monoisotopic (exact) mass is 282 g/mol. The van der Waals surface area contributed by atoms with Crippen molar-refractivity contribution >= 4 is 5.91 Å². The van der Waals surface area contributed by atoms with Gasteiger partial charge in [-0.05, 0) is 38.5 Å². The molecule has 0 spiro atoms. The van der Waals surface area contributed by atoms with Crippen molar-refractivity contribution in [1.82, 2.24) is 10.2 Å². The van der Waals surface area contributed by atoms with Gasteiger partial charge in [-0.15, -0.1) is 0 Å². The number of fused-ring (bicyclic) bond motifs is 2. The molecule has 3 aliphatic heterocycles. The van der Waals surface area contributed by atoms with Crippen LogP contribution in [-0.4, -0.2) is 59.9 Å². The maximum atomic E-state index is 12.5. The summed E-state index contributed by atoms with van der Waals surface area (Å²) in [4.78, 5) is 14.5. The predicted molar refractivity (Wildman–Crippen MR) is 75.3 cm³/mol. The Morgan fingerprint density at radius 1 is 1.35 bits per heavy atom. The van der Waals surface area contributed by atoms with Crippen LogP contribution in [0, 0.1) is 5.92 Å². The SMILES string of the molecule is CC1COC(CO)CN1C(=O)CC1CC2CCC(C1)N2. The smallest absolute Gasteiger partial charge is 0.223 e. The van der Waals surface area contributed by atoms with Crippen LogP contribution in [0.2, 0.25) is 0 Å². The van der Waals surface area contributed by atoms with E-state index in [-0.39, 0.29) is 24.7 Å². The Morgan fingerprint density at radius 2 is 2.05 bits per heavy atom. The predicted octanol–water partition coefficient (Wildman–Crippen LogP) is 0.515. The minimum absolute atomic E-state index is 0.00596. The molecule has 0 aromatic carbocycles. The molecule has 5 heteroatoms. The highest BCUT2D eigenvalue weighted by molar-refractivity contribution is 5.77. The lowest BCUT2D eigenvalue weighted by atomic mass is 9.89. The molecule has 0 aliphatic carbocycles. The van der Waals surface area contributed by atoms with E-state index in [1.165, 1.54) is 12.8 Å². The van der Waals surface area contributed by atoms with Gasteiger partial charge in [0, 0.05) is 25.0 Å². The van der Waals surface area contributed by atoms with Crippen LogP contribution in [0.5, 0.6) is 0 Å². The third kappa shape index (κ3) is 3.00. The number of hydrogen-bond acceptors (Lipinski definition) is 4. The van der Waals surface area contributed by atoms with E-state index < -0.39 is 0 Å². The van der Waals surface area contributed by atoms with Crippen LogP contribution >= 0.6 is 0 Å². The lowest BCUT2D eigenvalue weighted by Gasteiger charge is -2.39. The zero-order valence-electron chi connectivity index (χ0n) is 12.3. The number of carbonyl (C=O) groups is 1. The third-order valence-corrected chi connectivity index (χ3v) is 5.06.